The van der Waals surface area contributed by atoms with Gasteiger partial charge in [0.1, 0.15) is 0 Å². The lowest BCUT2D eigenvalue weighted by molar-refractivity contribution is 0.236. The van der Waals surface area contributed by atoms with Gasteiger partial charge >= 0.3 is 6.03 Å². The zero-order valence-electron chi connectivity index (χ0n) is 4.01. The molecule has 4 nitrogen and oxygen atoms in total. The van der Waals surface area contributed by atoms with Gasteiger partial charge in [0.2, 0.25) is 0 Å². The second-order valence-corrected chi connectivity index (χ2v) is 1.08. The lowest BCUT2D eigenvalue weighted by Crippen LogP contribution is -2.30. The van der Waals surface area contributed by atoms with E-state index < -0.39 is 6.03 Å². The van der Waals surface area contributed by atoms with Crippen molar-refractivity contribution >= 4 is 12.4 Å². The molecule has 0 aromatic carbocycles. The van der Waals surface area contributed by atoms with Gasteiger partial charge in [-0.3, -0.25) is 10.3 Å². The van der Waals surface area contributed by atoms with Crippen LogP contribution in [0, 0.1) is 5.41 Å². The summed E-state index contributed by atoms with van der Waals surface area (Å²) >= 11 is 0. The van der Waals surface area contributed by atoms with Gasteiger partial charge in [-0.15, -0.1) is 0 Å². The summed E-state index contributed by atoms with van der Waals surface area (Å²) < 4.78 is 0. The first-order valence-electron chi connectivity index (χ1n) is 1.71. The van der Waals surface area contributed by atoms with Crippen LogP contribution in [0.2, 0.25) is 0 Å². The van der Waals surface area contributed by atoms with Crippen LogP contribution < -0.4 is 5.73 Å². The van der Waals surface area contributed by atoms with E-state index in [0.29, 0.717) is 0 Å². The second kappa shape index (κ2) is 2.17. The van der Waals surface area contributed by atoms with Crippen LogP contribution in [-0.4, -0.2) is 24.3 Å². The molecule has 7 heavy (non-hydrogen) atoms. The highest BCUT2D eigenvalue weighted by atomic mass is 16.2. The average molecular weight is 101 g/mol. The minimum atomic E-state index is -0.616. The minimum Gasteiger partial charge on any atom is -0.351 e. The number of rotatable bonds is 1. The van der Waals surface area contributed by atoms with E-state index in [2.05, 4.69) is 5.73 Å². The smallest absolute Gasteiger partial charge is 0.319 e. The summed E-state index contributed by atoms with van der Waals surface area (Å²) in [5.74, 6) is 0. The molecule has 3 N–H and O–H groups in total. The highest BCUT2D eigenvalue weighted by Crippen LogP contribution is 1.68. The molecular formula is C3H7N3O. The first-order chi connectivity index (χ1) is 3.18. The van der Waals surface area contributed by atoms with Crippen molar-refractivity contribution in [1.82, 2.24) is 4.90 Å². The van der Waals surface area contributed by atoms with Crippen molar-refractivity contribution in [1.29, 1.82) is 5.41 Å². The van der Waals surface area contributed by atoms with Crippen LogP contribution in [-0.2, 0) is 0 Å². The molecule has 0 unspecified atom stereocenters. The lowest BCUT2D eigenvalue weighted by Gasteiger charge is -2.02. The molecule has 0 atom stereocenters. The number of nitrogens with zero attached hydrogens (tertiary/aromatic N) is 1. The van der Waals surface area contributed by atoms with Crippen LogP contribution in [0.15, 0.2) is 0 Å². The summed E-state index contributed by atoms with van der Waals surface area (Å²) in [6.45, 7) is 0. The molecule has 0 fully saturated rings. The SMILES string of the molecule is CN(C=N)C(N)=O. The fourth-order valence-corrected chi connectivity index (χ4v) is 0.0636. The zero-order chi connectivity index (χ0) is 5.86. The monoisotopic (exact) mass is 101 g/mol. The summed E-state index contributed by atoms with van der Waals surface area (Å²) in [5, 5.41) is 6.44. The van der Waals surface area contributed by atoms with Crippen LogP contribution in [0.5, 0.6) is 0 Å². The Morgan fingerprint density at radius 1 is 2.00 bits per heavy atom. The number of urea groups is 1. The minimum absolute atomic E-state index is 0.616. The number of hydrogen-bond donors (Lipinski definition) is 2. The molecule has 0 spiro atoms. The fraction of sp³-hybridized carbons (Fsp3) is 0.333. The molecule has 0 aliphatic carbocycles. The predicted molar refractivity (Wildman–Crippen MR) is 26.1 cm³/mol. The predicted octanol–water partition coefficient (Wildman–Crippen LogP) is -0.396. The molecule has 0 bridgehead atoms. The Kier molecular flexibility index (Phi) is 1.84. The van der Waals surface area contributed by atoms with Crippen LogP contribution in [0.1, 0.15) is 0 Å². The van der Waals surface area contributed by atoms with Gasteiger partial charge in [0.15, 0.2) is 0 Å². The maximum absolute atomic E-state index is 9.93. The van der Waals surface area contributed by atoms with Crippen molar-refractivity contribution in [3.8, 4) is 0 Å². The van der Waals surface area contributed by atoms with Gasteiger partial charge < -0.3 is 5.73 Å². The maximum atomic E-state index is 9.93. The van der Waals surface area contributed by atoms with Crippen LogP contribution in [0.3, 0.4) is 0 Å². The fourth-order valence-electron chi connectivity index (χ4n) is 0.0636. The topological polar surface area (TPSA) is 70.2 Å². The number of amides is 2. The van der Waals surface area contributed by atoms with Crippen LogP contribution >= 0.6 is 0 Å². The van der Waals surface area contributed by atoms with Gasteiger partial charge in [0.25, 0.3) is 0 Å². The summed E-state index contributed by atoms with van der Waals surface area (Å²) in [6.07, 6.45) is 0.850. The van der Waals surface area contributed by atoms with E-state index in [0.717, 1.165) is 11.2 Å². The van der Waals surface area contributed by atoms with Gasteiger partial charge in [-0.25, -0.2) is 4.79 Å². The second-order valence-electron chi connectivity index (χ2n) is 1.08. The normalized spacial score (nSPS) is 7.57. The van der Waals surface area contributed by atoms with Gasteiger partial charge in [0.05, 0.1) is 6.34 Å². The molecule has 2 amide bonds. The molecule has 0 saturated heterocycles. The largest absolute Gasteiger partial charge is 0.351 e. The first kappa shape index (κ1) is 5.94. The van der Waals surface area contributed by atoms with Crippen molar-refractivity contribution in [3.63, 3.8) is 0 Å². The van der Waals surface area contributed by atoms with E-state index in [1.165, 1.54) is 7.05 Å². The number of nitrogens with two attached hydrogens (primary N) is 1. The third-order valence-electron chi connectivity index (χ3n) is 0.541. The van der Waals surface area contributed by atoms with E-state index in [1.807, 2.05) is 0 Å². The van der Waals surface area contributed by atoms with E-state index in [-0.39, 0.29) is 0 Å². The van der Waals surface area contributed by atoms with Crippen molar-refractivity contribution in [2.45, 2.75) is 0 Å². The molecule has 4 heteroatoms. The van der Waals surface area contributed by atoms with Gasteiger partial charge in [0, 0.05) is 7.05 Å². The number of primary amides is 1. The van der Waals surface area contributed by atoms with Crippen LogP contribution in [0.25, 0.3) is 0 Å². The van der Waals surface area contributed by atoms with Crippen molar-refractivity contribution < 1.29 is 4.79 Å². The third kappa shape index (κ3) is 1.75. The molecule has 0 aliphatic rings. The Bertz CT molecular complexity index is 90.2. The third-order valence-corrected chi connectivity index (χ3v) is 0.541. The molecule has 0 aromatic heterocycles. The molecule has 0 radical (unpaired) electrons. The Morgan fingerprint density at radius 2 is 2.43 bits per heavy atom. The average Bonchev–Trinajstić information content (AvgIpc) is 1.65. The quantitative estimate of drug-likeness (QED) is 0.342. The number of carbonyl (C=O) groups is 1. The number of carbonyl (C=O) groups excluding carboxylic acids is 1. The maximum Gasteiger partial charge on any atom is 0.319 e. The van der Waals surface area contributed by atoms with E-state index in [4.69, 9.17) is 5.41 Å². The standard InChI is InChI=1S/C3H7N3O/c1-6(2-4)3(5)7/h2,4H,1H3,(H2,5,7). The number of hydrogen-bond acceptors (Lipinski definition) is 2. The Morgan fingerprint density at radius 3 is 2.43 bits per heavy atom. The Labute approximate surface area is 41.4 Å². The van der Waals surface area contributed by atoms with E-state index >= 15 is 0 Å². The van der Waals surface area contributed by atoms with E-state index in [9.17, 15) is 4.79 Å². The molecular weight excluding hydrogens is 94.1 g/mol. The molecule has 0 rings (SSSR count). The lowest BCUT2D eigenvalue weighted by atomic mass is 10.8. The summed E-state index contributed by atoms with van der Waals surface area (Å²) in [6, 6.07) is -0.616. The van der Waals surface area contributed by atoms with Gasteiger partial charge in [-0.1, -0.05) is 0 Å². The first-order valence-corrected chi connectivity index (χ1v) is 1.71. The molecule has 40 valence electrons. The Balaban J connectivity index is 3.55. The molecule has 0 aliphatic heterocycles. The zero-order valence-corrected chi connectivity index (χ0v) is 4.01. The van der Waals surface area contributed by atoms with Crippen LogP contribution in [0.4, 0.5) is 4.79 Å². The molecule has 0 saturated carbocycles. The highest BCUT2D eigenvalue weighted by molar-refractivity contribution is 5.83. The van der Waals surface area contributed by atoms with Crippen molar-refractivity contribution in [2.75, 3.05) is 7.05 Å². The highest BCUT2D eigenvalue weighted by Gasteiger charge is 1.93. The van der Waals surface area contributed by atoms with E-state index in [1.54, 1.807) is 0 Å². The Hall–Kier alpha value is -1.06. The van der Waals surface area contributed by atoms with Gasteiger partial charge in [-0.05, 0) is 0 Å². The molecule has 0 heterocycles. The summed E-state index contributed by atoms with van der Waals surface area (Å²) in [7, 11) is 1.41. The van der Waals surface area contributed by atoms with Gasteiger partial charge in [-0.2, -0.15) is 0 Å². The van der Waals surface area contributed by atoms with Crippen molar-refractivity contribution in [3.05, 3.63) is 0 Å². The summed E-state index contributed by atoms with van der Waals surface area (Å²) in [4.78, 5) is 10.9. The van der Waals surface area contributed by atoms with Crippen molar-refractivity contribution in [2.24, 2.45) is 5.73 Å². The number of nitrogens with one attached hydrogen (secondary N) is 1. The summed E-state index contributed by atoms with van der Waals surface area (Å²) in [5.41, 5.74) is 4.68. The molecule has 0 aromatic rings.